The van der Waals surface area contributed by atoms with Crippen molar-refractivity contribution in [2.45, 2.75) is 57.7 Å². The highest BCUT2D eigenvalue weighted by molar-refractivity contribution is 7.99. The van der Waals surface area contributed by atoms with Crippen molar-refractivity contribution in [2.75, 3.05) is 19.4 Å². The molecular weight excluding hydrogens is 278 g/mol. The number of aryl methyl sites for hydroxylation is 2. The minimum atomic E-state index is 0.449. The number of methoxy groups -OCH3 is 1. The molecule has 0 heterocycles. The predicted octanol–water partition coefficient (Wildman–Crippen LogP) is 4.64. The van der Waals surface area contributed by atoms with Crippen molar-refractivity contribution in [3.63, 3.8) is 0 Å². The van der Waals surface area contributed by atoms with E-state index >= 15 is 0 Å². The quantitative estimate of drug-likeness (QED) is 0.793. The Balaban J connectivity index is 2.10. The van der Waals surface area contributed by atoms with Crippen LogP contribution in [-0.4, -0.2) is 24.7 Å². The van der Waals surface area contributed by atoms with Crippen LogP contribution >= 0.6 is 11.8 Å². The van der Waals surface area contributed by atoms with E-state index in [0.717, 1.165) is 17.5 Å². The lowest BCUT2D eigenvalue weighted by Crippen LogP contribution is -2.24. The molecule has 118 valence electrons. The topological polar surface area (TPSA) is 21.3 Å². The normalized spacial score (nSPS) is 17.1. The van der Waals surface area contributed by atoms with Crippen LogP contribution in [0.4, 0.5) is 0 Å². The molecule has 2 nitrogen and oxygen atoms in total. The Morgan fingerprint density at radius 3 is 2.57 bits per heavy atom. The van der Waals surface area contributed by atoms with Gasteiger partial charge in [-0.15, -0.1) is 0 Å². The molecule has 1 saturated carbocycles. The standard InChI is InChI=1S/C18H29NOS/c1-5-19-17(12-21-15-8-6-7-9-15)16-10-14(3)18(20-4)11-13(16)2/h10-11,15,17,19H,5-9,12H2,1-4H3. The van der Waals surface area contributed by atoms with Gasteiger partial charge in [0.1, 0.15) is 5.75 Å². The summed E-state index contributed by atoms with van der Waals surface area (Å²) >= 11 is 2.16. The number of hydrogen-bond donors (Lipinski definition) is 1. The third kappa shape index (κ3) is 4.40. The molecule has 21 heavy (non-hydrogen) atoms. The lowest BCUT2D eigenvalue weighted by atomic mass is 9.99. The van der Waals surface area contributed by atoms with Crippen LogP contribution in [-0.2, 0) is 0 Å². The van der Waals surface area contributed by atoms with Crippen molar-refractivity contribution >= 4 is 11.8 Å². The van der Waals surface area contributed by atoms with E-state index in [2.05, 4.69) is 50.0 Å². The molecule has 0 aliphatic heterocycles. The second kappa shape index (κ2) is 8.09. The second-order valence-electron chi connectivity index (χ2n) is 6.03. The molecule has 0 amide bonds. The van der Waals surface area contributed by atoms with Gasteiger partial charge in [0.15, 0.2) is 0 Å². The summed E-state index contributed by atoms with van der Waals surface area (Å²) in [5.74, 6) is 2.17. The van der Waals surface area contributed by atoms with Gasteiger partial charge in [0.2, 0.25) is 0 Å². The minimum absolute atomic E-state index is 0.449. The van der Waals surface area contributed by atoms with Crippen molar-refractivity contribution < 1.29 is 4.74 Å². The average molecular weight is 308 g/mol. The Hall–Kier alpha value is -0.670. The van der Waals surface area contributed by atoms with Crippen LogP contribution in [0.2, 0.25) is 0 Å². The van der Waals surface area contributed by atoms with Gasteiger partial charge in [-0.2, -0.15) is 11.8 Å². The first-order chi connectivity index (χ1) is 10.2. The van der Waals surface area contributed by atoms with Crippen LogP contribution in [0.5, 0.6) is 5.75 Å². The summed E-state index contributed by atoms with van der Waals surface area (Å²) in [5.41, 5.74) is 3.99. The monoisotopic (exact) mass is 307 g/mol. The molecule has 0 saturated heterocycles. The number of hydrogen-bond acceptors (Lipinski definition) is 3. The van der Waals surface area contributed by atoms with Gasteiger partial charge in [0.05, 0.1) is 7.11 Å². The molecule has 1 aromatic carbocycles. The van der Waals surface area contributed by atoms with Crippen molar-refractivity contribution in [3.8, 4) is 5.75 Å². The Bertz CT molecular complexity index is 455. The summed E-state index contributed by atoms with van der Waals surface area (Å²) in [6, 6.07) is 4.93. The Morgan fingerprint density at radius 2 is 1.95 bits per heavy atom. The smallest absolute Gasteiger partial charge is 0.122 e. The molecule has 1 aromatic rings. The molecule has 3 heteroatoms. The van der Waals surface area contributed by atoms with Crippen LogP contribution < -0.4 is 10.1 Å². The van der Waals surface area contributed by atoms with Crippen molar-refractivity contribution in [2.24, 2.45) is 0 Å². The fraction of sp³-hybridized carbons (Fsp3) is 0.667. The first-order valence-electron chi connectivity index (χ1n) is 8.15. The van der Waals surface area contributed by atoms with E-state index < -0.39 is 0 Å². The molecule has 1 N–H and O–H groups in total. The highest BCUT2D eigenvalue weighted by Crippen LogP contribution is 2.34. The van der Waals surface area contributed by atoms with Gasteiger partial charge in [-0.3, -0.25) is 0 Å². The van der Waals surface area contributed by atoms with E-state index in [1.807, 2.05) is 0 Å². The van der Waals surface area contributed by atoms with Gasteiger partial charge in [-0.1, -0.05) is 25.8 Å². The van der Waals surface area contributed by atoms with Gasteiger partial charge in [0.25, 0.3) is 0 Å². The third-order valence-electron chi connectivity index (χ3n) is 4.41. The fourth-order valence-electron chi connectivity index (χ4n) is 3.20. The maximum absolute atomic E-state index is 5.44. The van der Waals surface area contributed by atoms with E-state index in [-0.39, 0.29) is 0 Å². The van der Waals surface area contributed by atoms with Gasteiger partial charge >= 0.3 is 0 Å². The lowest BCUT2D eigenvalue weighted by Gasteiger charge is -2.23. The maximum atomic E-state index is 5.44. The minimum Gasteiger partial charge on any atom is -0.496 e. The predicted molar refractivity (Wildman–Crippen MR) is 93.6 cm³/mol. The first kappa shape index (κ1) is 16.7. The number of ether oxygens (including phenoxy) is 1. The molecule has 0 bridgehead atoms. The maximum Gasteiger partial charge on any atom is 0.122 e. The number of thioether (sulfide) groups is 1. The second-order valence-corrected chi connectivity index (χ2v) is 7.36. The fourth-order valence-corrected chi connectivity index (χ4v) is 4.63. The van der Waals surface area contributed by atoms with E-state index in [0.29, 0.717) is 6.04 Å². The molecule has 1 aliphatic carbocycles. The van der Waals surface area contributed by atoms with Gasteiger partial charge in [-0.25, -0.2) is 0 Å². The average Bonchev–Trinajstić information content (AvgIpc) is 2.99. The van der Waals surface area contributed by atoms with Gasteiger partial charge in [0, 0.05) is 17.0 Å². The Morgan fingerprint density at radius 1 is 1.24 bits per heavy atom. The van der Waals surface area contributed by atoms with Crippen LogP contribution in [0.15, 0.2) is 12.1 Å². The Kier molecular flexibility index (Phi) is 6.43. The van der Waals surface area contributed by atoms with E-state index in [1.165, 1.54) is 48.1 Å². The van der Waals surface area contributed by atoms with Crippen LogP contribution in [0.25, 0.3) is 0 Å². The third-order valence-corrected chi connectivity index (χ3v) is 5.88. The summed E-state index contributed by atoms with van der Waals surface area (Å²) in [5, 5.41) is 4.55. The number of benzene rings is 1. The largest absolute Gasteiger partial charge is 0.496 e. The molecular formula is C18H29NOS. The number of nitrogens with one attached hydrogen (secondary N) is 1. The highest BCUT2D eigenvalue weighted by Gasteiger charge is 2.20. The van der Waals surface area contributed by atoms with Crippen molar-refractivity contribution in [3.05, 3.63) is 28.8 Å². The van der Waals surface area contributed by atoms with Gasteiger partial charge in [-0.05, 0) is 56.0 Å². The number of rotatable bonds is 7. The zero-order valence-corrected chi connectivity index (χ0v) is 14.7. The van der Waals surface area contributed by atoms with Crippen molar-refractivity contribution in [1.29, 1.82) is 0 Å². The van der Waals surface area contributed by atoms with Crippen molar-refractivity contribution in [1.82, 2.24) is 5.32 Å². The molecule has 0 spiro atoms. The first-order valence-corrected chi connectivity index (χ1v) is 9.20. The molecule has 1 atom stereocenters. The van der Waals surface area contributed by atoms with Crippen LogP contribution in [0, 0.1) is 13.8 Å². The van der Waals surface area contributed by atoms with E-state index in [4.69, 9.17) is 4.74 Å². The van der Waals surface area contributed by atoms with Crippen LogP contribution in [0.1, 0.15) is 55.3 Å². The molecule has 0 radical (unpaired) electrons. The summed E-state index contributed by atoms with van der Waals surface area (Å²) < 4.78 is 5.44. The Labute approximate surface area is 134 Å². The zero-order valence-electron chi connectivity index (χ0n) is 13.9. The van der Waals surface area contributed by atoms with Gasteiger partial charge < -0.3 is 10.1 Å². The molecule has 2 rings (SSSR count). The summed E-state index contributed by atoms with van der Waals surface area (Å²) in [6.07, 6.45) is 5.66. The molecule has 1 fully saturated rings. The SMILES string of the molecule is CCNC(CSC1CCCC1)c1cc(C)c(OC)cc1C. The highest BCUT2D eigenvalue weighted by atomic mass is 32.2. The molecule has 0 aromatic heterocycles. The van der Waals surface area contributed by atoms with E-state index in [9.17, 15) is 0 Å². The summed E-state index contributed by atoms with van der Waals surface area (Å²) in [7, 11) is 1.75. The lowest BCUT2D eigenvalue weighted by molar-refractivity contribution is 0.411. The van der Waals surface area contributed by atoms with Crippen LogP contribution in [0.3, 0.4) is 0 Å². The summed E-state index contributed by atoms with van der Waals surface area (Å²) in [4.78, 5) is 0. The summed E-state index contributed by atoms with van der Waals surface area (Å²) in [6.45, 7) is 7.54. The zero-order chi connectivity index (χ0) is 15.2. The molecule has 1 unspecified atom stereocenters. The molecule has 1 aliphatic rings. The van der Waals surface area contributed by atoms with E-state index in [1.54, 1.807) is 7.11 Å².